The second-order valence-corrected chi connectivity index (χ2v) is 28.0. The van der Waals surface area contributed by atoms with E-state index in [-0.39, 0.29) is 32.2 Å². The Balaban J connectivity index is 4.05. The molecule has 556 valence electrons. The maximum absolute atomic E-state index is 13.0. The van der Waals surface area contributed by atoms with Crippen LogP contribution in [0.5, 0.6) is 0 Å². The molecule has 0 amide bonds. The van der Waals surface area contributed by atoms with Gasteiger partial charge in [-0.2, -0.15) is 0 Å². The summed E-state index contributed by atoms with van der Waals surface area (Å²) in [4.78, 5) is 37.7. The van der Waals surface area contributed by atoms with Crippen LogP contribution in [0, 0.1) is 0 Å². The Morgan fingerprint density at radius 1 is 0.320 bits per heavy atom. The highest BCUT2D eigenvalue weighted by atomic mass is 16.7. The number of unbranched alkanes of at least 4 members (excludes halogenated alkanes) is 37. The van der Waals surface area contributed by atoms with E-state index in [1.807, 2.05) is 21.1 Å². The molecule has 9 nitrogen and oxygen atoms in total. The maximum Gasteiger partial charge on any atom is 0.361 e. The number of carboxylic acid groups (broad SMARTS) is 1. The third-order valence-corrected chi connectivity index (χ3v) is 17.4. The number of carbonyl (C=O) groups excluding carboxylic acids is 2. The van der Waals surface area contributed by atoms with Gasteiger partial charge in [0.05, 0.1) is 34.4 Å². The number of carboxylic acids is 1. The number of rotatable bonds is 74. The Bertz CT molecular complexity index is 2060. The summed E-state index contributed by atoms with van der Waals surface area (Å²) in [6.07, 6.45) is 109. The molecule has 97 heavy (non-hydrogen) atoms. The van der Waals surface area contributed by atoms with Crippen LogP contribution in [0.4, 0.5) is 0 Å². The van der Waals surface area contributed by atoms with Crippen LogP contribution in [0.1, 0.15) is 348 Å². The molecule has 0 aliphatic heterocycles. The van der Waals surface area contributed by atoms with Crippen molar-refractivity contribution >= 4 is 17.9 Å². The van der Waals surface area contributed by atoms with E-state index in [2.05, 4.69) is 148 Å². The fourth-order valence-electron chi connectivity index (χ4n) is 11.3. The fourth-order valence-corrected chi connectivity index (χ4v) is 11.3. The largest absolute Gasteiger partial charge is 0.477 e. The minimum atomic E-state index is -1.52. The third-order valence-electron chi connectivity index (χ3n) is 17.4. The lowest BCUT2D eigenvalue weighted by atomic mass is 10.0. The van der Waals surface area contributed by atoms with Crippen molar-refractivity contribution in [2.24, 2.45) is 0 Å². The summed E-state index contributed by atoms with van der Waals surface area (Å²) in [5.41, 5.74) is 0. The van der Waals surface area contributed by atoms with Crippen LogP contribution in [-0.4, -0.2) is 87.4 Å². The van der Waals surface area contributed by atoms with E-state index in [0.29, 0.717) is 23.9 Å². The van der Waals surface area contributed by atoms with Crippen molar-refractivity contribution in [3.63, 3.8) is 0 Å². The topological polar surface area (TPSA) is 108 Å². The number of hydrogen-bond acceptors (Lipinski definition) is 7. The molecule has 0 heterocycles. The number of aliphatic carboxylic acids is 1. The van der Waals surface area contributed by atoms with Crippen molar-refractivity contribution in [1.82, 2.24) is 0 Å². The van der Waals surface area contributed by atoms with Gasteiger partial charge in [0.25, 0.3) is 6.29 Å². The predicted molar refractivity (Wildman–Crippen MR) is 419 cm³/mol. The molecule has 0 aromatic carbocycles. The first-order valence-corrected chi connectivity index (χ1v) is 40.3. The Hall–Kier alpha value is -4.57. The second kappa shape index (κ2) is 77.2. The van der Waals surface area contributed by atoms with Gasteiger partial charge in [0.1, 0.15) is 13.2 Å². The molecule has 0 rings (SSSR count). The molecule has 9 heteroatoms. The minimum absolute atomic E-state index is 0.181. The molecule has 0 aromatic rings. The normalized spacial score (nSPS) is 13.4. The summed E-state index contributed by atoms with van der Waals surface area (Å²) < 4.78 is 23.0. The van der Waals surface area contributed by atoms with Crippen molar-refractivity contribution in [2.75, 3.05) is 47.5 Å². The molecule has 0 aliphatic rings. The predicted octanol–water partition coefficient (Wildman–Crippen LogP) is 26.0. The van der Waals surface area contributed by atoms with E-state index in [4.69, 9.17) is 18.9 Å². The highest BCUT2D eigenvalue weighted by Crippen LogP contribution is 2.18. The molecule has 0 radical (unpaired) electrons. The van der Waals surface area contributed by atoms with Crippen molar-refractivity contribution in [2.45, 2.75) is 360 Å². The van der Waals surface area contributed by atoms with Gasteiger partial charge in [0.15, 0.2) is 6.10 Å². The molecule has 0 bridgehead atoms. The van der Waals surface area contributed by atoms with Gasteiger partial charge in [-0.1, -0.05) is 353 Å². The van der Waals surface area contributed by atoms with Crippen molar-refractivity contribution in [3.05, 3.63) is 134 Å². The van der Waals surface area contributed by atoms with Crippen LogP contribution in [0.15, 0.2) is 134 Å². The lowest BCUT2D eigenvalue weighted by Crippen LogP contribution is -2.40. The fraction of sp³-hybridized carbons (Fsp3) is 0.716. The first kappa shape index (κ1) is 92.4. The van der Waals surface area contributed by atoms with Gasteiger partial charge >= 0.3 is 17.9 Å². The van der Waals surface area contributed by atoms with Crippen LogP contribution in [0.3, 0.4) is 0 Å². The van der Waals surface area contributed by atoms with Gasteiger partial charge in [-0.05, 0) is 116 Å². The maximum atomic E-state index is 13.0. The molecular formula is C88H152NO8+. The van der Waals surface area contributed by atoms with Gasteiger partial charge in [0.2, 0.25) is 0 Å². The Morgan fingerprint density at radius 3 is 0.876 bits per heavy atom. The van der Waals surface area contributed by atoms with Gasteiger partial charge in [0, 0.05) is 12.8 Å². The highest BCUT2D eigenvalue weighted by Gasteiger charge is 2.25. The molecule has 2 atom stereocenters. The third kappa shape index (κ3) is 78.6. The van der Waals surface area contributed by atoms with Crippen LogP contribution < -0.4 is 0 Å². The summed E-state index contributed by atoms with van der Waals surface area (Å²) in [6.45, 7) is 4.77. The van der Waals surface area contributed by atoms with Gasteiger partial charge in [-0.25, -0.2) is 4.79 Å². The number of quaternary nitrogens is 1. The smallest absolute Gasteiger partial charge is 0.361 e. The molecular weight excluding hydrogens is 1200 g/mol. The number of likely N-dealkylation sites (N-methyl/N-ethyl adjacent to an activating group) is 1. The second-order valence-electron chi connectivity index (χ2n) is 28.0. The zero-order valence-corrected chi connectivity index (χ0v) is 63.7. The Kier molecular flexibility index (Phi) is 73.5. The van der Waals surface area contributed by atoms with Crippen LogP contribution in [0.2, 0.25) is 0 Å². The first-order chi connectivity index (χ1) is 47.6. The molecule has 0 saturated carbocycles. The van der Waals surface area contributed by atoms with Crippen LogP contribution in [0.25, 0.3) is 0 Å². The van der Waals surface area contributed by atoms with Gasteiger partial charge < -0.3 is 28.5 Å². The van der Waals surface area contributed by atoms with Crippen LogP contribution >= 0.6 is 0 Å². The van der Waals surface area contributed by atoms with E-state index in [9.17, 15) is 19.5 Å². The number of ether oxygens (including phenoxy) is 4. The zero-order valence-electron chi connectivity index (χ0n) is 63.7. The minimum Gasteiger partial charge on any atom is -0.477 e. The molecule has 0 fully saturated rings. The molecule has 0 aliphatic carbocycles. The Morgan fingerprint density at radius 2 is 0.588 bits per heavy atom. The molecule has 0 saturated heterocycles. The van der Waals surface area contributed by atoms with E-state index in [0.717, 1.165) is 109 Å². The monoisotopic (exact) mass is 1350 g/mol. The Labute approximate surface area is 599 Å². The van der Waals surface area contributed by atoms with Gasteiger partial charge in [-0.15, -0.1) is 0 Å². The lowest BCUT2D eigenvalue weighted by molar-refractivity contribution is -0.870. The standard InChI is InChI=1S/C88H151NO8/c1-6-8-10-12-14-16-18-20-22-24-26-28-30-32-34-36-38-40-41-42-43-44-45-47-48-50-52-54-56-58-60-62-64-66-68-70-72-74-76-78-85(90)95-82-84(83-96-88(87(92)93)94-81-80-89(3,4)5)97-86(91)79-77-75-73-71-69-67-65-63-61-59-57-55-53-51-49-46-39-37-35-33-31-29-27-25-23-21-19-17-15-13-11-9-7-2/h9,11,15,17-18,20-21,23-24,26-27,29-30,32-33,35,39,46,51,53,57,59,84,88H,6-8,10,12-14,16,19,22,25,28,31,34,36-38,40-45,47-50,52,54-56,58,60-83H2,1-5H3/p+1/b11-9-,17-15-,20-18-,23-21-,26-24-,29-27-,32-30-,35-33-,46-39-,53-51-,59-57-. The number of carbonyl (C=O) groups is 3. The zero-order chi connectivity index (χ0) is 70.4. The van der Waals surface area contributed by atoms with Crippen LogP contribution in [-0.2, 0) is 33.3 Å². The summed E-state index contributed by atoms with van der Waals surface area (Å²) in [7, 11) is 5.98. The quantitative estimate of drug-likeness (QED) is 0.0211. The van der Waals surface area contributed by atoms with Gasteiger partial charge in [-0.3, -0.25) is 9.59 Å². The SMILES string of the molecule is CC/C=C\C/C=C\C/C=C\C/C=C\C/C=C\C/C=C\C/C=C\C/C=C\CCCCCCCCCCC(=O)OC(COC(=O)CCCCCCCCCCCCCCCCCCCCCCCCCC/C=C\C/C=C\C/C=C\CCCCCCC)COC(OCC[N+](C)(C)C)C(=O)O. The van der Waals surface area contributed by atoms with E-state index in [1.165, 1.54) is 205 Å². The van der Waals surface area contributed by atoms with Crippen molar-refractivity contribution in [3.8, 4) is 0 Å². The van der Waals surface area contributed by atoms with E-state index in [1.54, 1.807) is 0 Å². The van der Waals surface area contributed by atoms with Crippen molar-refractivity contribution < 1.29 is 42.9 Å². The molecule has 2 unspecified atom stereocenters. The highest BCUT2D eigenvalue weighted by molar-refractivity contribution is 5.71. The number of esters is 2. The summed E-state index contributed by atoms with van der Waals surface area (Å²) in [6, 6.07) is 0. The van der Waals surface area contributed by atoms with E-state index >= 15 is 0 Å². The van der Waals surface area contributed by atoms with Crippen molar-refractivity contribution in [1.29, 1.82) is 0 Å². The number of hydrogen-bond donors (Lipinski definition) is 1. The average Bonchev–Trinajstić information content (AvgIpc) is 2.59. The molecule has 0 aromatic heterocycles. The summed E-state index contributed by atoms with van der Waals surface area (Å²) in [5.74, 6) is -2.01. The average molecular weight is 1350 g/mol. The first-order valence-electron chi connectivity index (χ1n) is 40.3. The summed E-state index contributed by atoms with van der Waals surface area (Å²) >= 11 is 0. The number of nitrogens with zero attached hydrogens (tertiary/aromatic N) is 1. The number of allylic oxidation sites excluding steroid dienone is 22. The summed E-state index contributed by atoms with van der Waals surface area (Å²) in [5, 5.41) is 9.77. The van der Waals surface area contributed by atoms with E-state index < -0.39 is 24.3 Å². The molecule has 0 spiro atoms. The molecule has 1 N–H and O–H groups in total. The lowest BCUT2D eigenvalue weighted by Gasteiger charge is -2.25.